The number of rotatable bonds is 0. The van der Waals surface area contributed by atoms with Gasteiger partial charge in [0.1, 0.15) is 0 Å². The molecular weight excluding hydrogens is 202 g/mol. The van der Waals surface area contributed by atoms with Gasteiger partial charge in [0.25, 0.3) is 0 Å². The van der Waals surface area contributed by atoms with E-state index in [0.717, 1.165) is 12.8 Å². The number of amides is 2. The second-order valence-corrected chi connectivity index (χ2v) is 5.65. The van der Waals surface area contributed by atoms with Gasteiger partial charge in [-0.25, -0.2) is 0 Å². The van der Waals surface area contributed by atoms with Crippen LogP contribution in [0, 0.1) is 23.7 Å². The Kier molecular flexibility index (Phi) is 2.30. The summed E-state index contributed by atoms with van der Waals surface area (Å²) in [5.74, 6) is 1.55. The molecule has 2 atom stereocenters. The first-order valence-corrected chi connectivity index (χ1v) is 6.51. The van der Waals surface area contributed by atoms with Gasteiger partial charge in [0.2, 0.25) is 11.8 Å². The zero-order valence-electron chi connectivity index (χ0n) is 9.82. The van der Waals surface area contributed by atoms with E-state index >= 15 is 0 Å². The Morgan fingerprint density at radius 2 is 1.44 bits per heavy atom. The fourth-order valence-corrected chi connectivity index (χ4v) is 4.23. The molecule has 16 heavy (non-hydrogen) atoms. The summed E-state index contributed by atoms with van der Waals surface area (Å²) in [5, 5.41) is 0. The molecule has 0 bridgehead atoms. The van der Waals surface area contributed by atoms with Gasteiger partial charge in [-0.15, -0.1) is 0 Å². The molecule has 2 saturated carbocycles. The first-order chi connectivity index (χ1) is 7.70. The Hall–Kier alpha value is -0.860. The van der Waals surface area contributed by atoms with Crippen molar-refractivity contribution in [1.29, 1.82) is 0 Å². The summed E-state index contributed by atoms with van der Waals surface area (Å²) >= 11 is 0. The molecule has 2 unspecified atom stereocenters. The molecule has 3 fully saturated rings. The predicted molar refractivity (Wildman–Crippen MR) is 59.4 cm³/mol. The summed E-state index contributed by atoms with van der Waals surface area (Å²) < 4.78 is 0. The van der Waals surface area contributed by atoms with Crippen LogP contribution < -0.4 is 0 Å². The lowest BCUT2D eigenvalue weighted by molar-refractivity contribution is -0.164. The highest BCUT2D eigenvalue weighted by Gasteiger charge is 2.51. The number of hydrogen-bond donors (Lipinski definition) is 0. The van der Waals surface area contributed by atoms with Crippen LogP contribution in [0.4, 0.5) is 0 Å². The van der Waals surface area contributed by atoms with Crippen molar-refractivity contribution >= 4 is 11.8 Å². The van der Waals surface area contributed by atoms with Crippen LogP contribution in [0.5, 0.6) is 0 Å². The van der Waals surface area contributed by atoms with Crippen molar-refractivity contribution in [1.82, 2.24) is 4.90 Å². The number of piperidine rings is 1. The molecule has 3 rings (SSSR count). The molecule has 1 saturated heterocycles. The number of likely N-dealkylation sites (tertiary alicyclic amines) is 1. The van der Waals surface area contributed by atoms with Crippen molar-refractivity contribution in [3.63, 3.8) is 0 Å². The van der Waals surface area contributed by atoms with Crippen molar-refractivity contribution in [2.45, 2.75) is 38.5 Å². The smallest absolute Gasteiger partial charge is 0.232 e. The topological polar surface area (TPSA) is 37.4 Å². The Morgan fingerprint density at radius 1 is 0.938 bits per heavy atom. The molecule has 0 spiro atoms. The van der Waals surface area contributed by atoms with E-state index in [0.29, 0.717) is 11.8 Å². The summed E-state index contributed by atoms with van der Waals surface area (Å²) in [7, 11) is 1.67. The number of carbonyl (C=O) groups is 2. The minimum atomic E-state index is 0.0952. The average molecular weight is 221 g/mol. The Labute approximate surface area is 96.2 Å². The minimum Gasteiger partial charge on any atom is -0.285 e. The molecular formula is C13H19NO2. The van der Waals surface area contributed by atoms with Crippen molar-refractivity contribution in [2.24, 2.45) is 23.7 Å². The second-order valence-electron chi connectivity index (χ2n) is 5.65. The molecule has 2 amide bonds. The van der Waals surface area contributed by atoms with Crippen molar-refractivity contribution in [2.75, 3.05) is 7.05 Å². The van der Waals surface area contributed by atoms with Gasteiger partial charge in [-0.2, -0.15) is 0 Å². The van der Waals surface area contributed by atoms with Crippen LogP contribution in [0.25, 0.3) is 0 Å². The van der Waals surface area contributed by atoms with E-state index in [4.69, 9.17) is 0 Å². The third kappa shape index (κ3) is 1.26. The maximum absolute atomic E-state index is 12.1. The number of nitrogens with zero attached hydrogens (tertiary/aromatic N) is 1. The lowest BCUT2D eigenvalue weighted by Crippen LogP contribution is -2.56. The predicted octanol–water partition coefficient (Wildman–Crippen LogP) is 1.82. The summed E-state index contributed by atoms with van der Waals surface area (Å²) in [4.78, 5) is 25.6. The Morgan fingerprint density at radius 3 is 1.94 bits per heavy atom. The van der Waals surface area contributed by atoms with Gasteiger partial charge in [-0.3, -0.25) is 14.5 Å². The van der Waals surface area contributed by atoms with Crippen LogP contribution in [0.15, 0.2) is 0 Å². The molecule has 0 radical (unpaired) electrons. The van der Waals surface area contributed by atoms with Crippen molar-refractivity contribution in [3.8, 4) is 0 Å². The highest BCUT2D eigenvalue weighted by atomic mass is 16.2. The molecule has 3 aliphatic rings. The quantitative estimate of drug-likeness (QED) is 0.585. The zero-order chi connectivity index (χ0) is 11.3. The highest BCUT2D eigenvalue weighted by molar-refractivity contribution is 6.00. The zero-order valence-corrected chi connectivity index (χ0v) is 9.82. The van der Waals surface area contributed by atoms with E-state index in [-0.39, 0.29) is 23.7 Å². The normalized spacial score (nSPS) is 43.2. The molecule has 88 valence electrons. The van der Waals surface area contributed by atoms with Crippen LogP contribution in [-0.2, 0) is 9.59 Å². The maximum atomic E-state index is 12.1. The van der Waals surface area contributed by atoms with Crippen LogP contribution in [0.1, 0.15) is 38.5 Å². The van der Waals surface area contributed by atoms with Crippen LogP contribution in [-0.4, -0.2) is 23.8 Å². The standard InChI is InChI=1S/C13H19NO2/c1-14-12(15)9-6-2-4-8-5-3-7-10(11(8)9)13(14)16/h8-11H,2-7H2,1H3. The van der Waals surface area contributed by atoms with Gasteiger partial charge in [-0.1, -0.05) is 25.7 Å². The van der Waals surface area contributed by atoms with Gasteiger partial charge < -0.3 is 0 Å². The lowest BCUT2D eigenvalue weighted by Gasteiger charge is -2.49. The molecule has 3 heteroatoms. The van der Waals surface area contributed by atoms with Gasteiger partial charge in [0.15, 0.2) is 0 Å². The number of imide groups is 1. The monoisotopic (exact) mass is 221 g/mol. The van der Waals surface area contributed by atoms with E-state index in [2.05, 4.69) is 0 Å². The first-order valence-electron chi connectivity index (χ1n) is 6.51. The van der Waals surface area contributed by atoms with Gasteiger partial charge in [0, 0.05) is 18.9 Å². The molecule has 1 heterocycles. The van der Waals surface area contributed by atoms with Crippen LogP contribution in [0.2, 0.25) is 0 Å². The summed E-state index contributed by atoms with van der Waals surface area (Å²) in [6, 6.07) is 0. The Bertz CT molecular complexity index is 309. The molecule has 3 nitrogen and oxygen atoms in total. The van der Waals surface area contributed by atoms with E-state index in [1.807, 2.05) is 0 Å². The van der Waals surface area contributed by atoms with Gasteiger partial charge in [0.05, 0.1) is 0 Å². The van der Waals surface area contributed by atoms with Gasteiger partial charge >= 0.3 is 0 Å². The van der Waals surface area contributed by atoms with E-state index in [1.54, 1.807) is 7.05 Å². The van der Waals surface area contributed by atoms with Gasteiger partial charge in [-0.05, 0) is 24.7 Å². The fraction of sp³-hybridized carbons (Fsp3) is 0.846. The lowest BCUT2D eigenvalue weighted by atomic mass is 9.58. The summed E-state index contributed by atoms with van der Waals surface area (Å²) in [6.07, 6.45) is 6.84. The molecule has 0 N–H and O–H groups in total. The first kappa shape index (κ1) is 10.3. The van der Waals surface area contributed by atoms with E-state index in [1.165, 1.54) is 30.6 Å². The van der Waals surface area contributed by atoms with Crippen LogP contribution in [0.3, 0.4) is 0 Å². The van der Waals surface area contributed by atoms with Crippen LogP contribution >= 0.6 is 0 Å². The number of hydrogen-bond acceptors (Lipinski definition) is 2. The summed E-state index contributed by atoms with van der Waals surface area (Å²) in [5.41, 5.74) is 0. The Balaban J connectivity index is 1.97. The third-order valence-electron chi connectivity index (χ3n) is 4.95. The molecule has 2 aliphatic carbocycles. The maximum Gasteiger partial charge on any atom is 0.232 e. The minimum absolute atomic E-state index is 0.0952. The SMILES string of the molecule is CN1C(=O)C2CCCC3CCCC(C1=O)C32. The highest BCUT2D eigenvalue weighted by Crippen LogP contribution is 2.50. The largest absolute Gasteiger partial charge is 0.285 e. The molecule has 0 aromatic carbocycles. The van der Waals surface area contributed by atoms with E-state index < -0.39 is 0 Å². The molecule has 0 aromatic rings. The fourth-order valence-electron chi connectivity index (χ4n) is 4.23. The van der Waals surface area contributed by atoms with Crippen molar-refractivity contribution < 1.29 is 9.59 Å². The van der Waals surface area contributed by atoms with E-state index in [9.17, 15) is 9.59 Å². The van der Waals surface area contributed by atoms with Crippen molar-refractivity contribution in [3.05, 3.63) is 0 Å². The second kappa shape index (κ2) is 3.57. The molecule has 0 aromatic heterocycles. The summed E-state index contributed by atoms with van der Waals surface area (Å²) in [6.45, 7) is 0. The number of carbonyl (C=O) groups excluding carboxylic acids is 2. The average Bonchev–Trinajstić information content (AvgIpc) is 2.33. The molecule has 1 aliphatic heterocycles. The third-order valence-corrected chi connectivity index (χ3v) is 4.95.